The van der Waals surface area contributed by atoms with E-state index in [4.69, 9.17) is 16.3 Å². The molecule has 0 aliphatic carbocycles. The minimum atomic E-state index is -0.563. The summed E-state index contributed by atoms with van der Waals surface area (Å²) >= 11 is 5.74. The Morgan fingerprint density at radius 3 is 2.50 bits per heavy atom. The molecule has 1 N–H and O–H groups in total. The summed E-state index contributed by atoms with van der Waals surface area (Å²) in [5.74, 6) is -0.734. The van der Waals surface area contributed by atoms with E-state index in [2.05, 4.69) is 10.2 Å². The van der Waals surface area contributed by atoms with Gasteiger partial charge in [0, 0.05) is 44.3 Å². The van der Waals surface area contributed by atoms with Gasteiger partial charge in [-0.2, -0.15) is 0 Å². The number of morpholine rings is 1. The topological polar surface area (TPSA) is 65.1 Å². The van der Waals surface area contributed by atoms with Crippen molar-refractivity contribution in [1.29, 1.82) is 0 Å². The van der Waals surface area contributed by atoms with E-state index in [-0.39, 0.29) is 22.5 Å². The van der Waals surface area contributed by atoms with Gasteiger partial charge in [-0.05, 0) is 25.1 Å². The predicted octanol–water partition coefficient (Wildman–Crippen LogP) is 1.28. The van der Waals surface area contributed by atoms with Gasteiger partial charge in [-0.15, -0.1) is 0 Å². The highest BCUT2D eigenvalue weighted by Crippen LogP contribution is 2.19. The summed E-state index contributed by atoms with van der Waals surface area (Å²) in [6, 6.07) is 3.72. The molecule has 154 valence electrons. The largest absolute Gasteiger partial charge is 0.379 e. The zero-order valence-corrected chi connectivity index (χ0v) is 16.8. The van der Waals surface area contributed by atoms with Crippen LogP contribution < -0.4 is 5.32 Å². The first kappa shape index (κ1) is 21.0. The number of hydrogen-bond acceptors (Lipinski definition) is 5. The normalized spacial score (nSPS) is 20.0. The minimum absolute atomic E-state index is 0.112. The van der Waals surface area contributed by atoms with Gasteiger partial charge in [-0.1, -0.05) is 11.6 Å². The summed E-state index contributed by atoms with van der Waals surface area (Å²) in [6.07, 6.45) is 0. The predicted molar refractivity (Wildman–Crippen MR) is 105 cm³/mol. The molecule has 2 aliphatic heterocycles. The van der Waals surface area contributed by atoms with Crippen molar-refractivity contribution in [2.75, 3.05) is 64.3 Å². The van der Waals surface area contributed by atoms with Gasteiger partial charge in [0.25, 0.3) is 0 Å². The van der Waals surface area contributed by atoms with Gasteiger partial charge < -0.3 is 15.0 Å². The number of anilines is 1. The van der Waals surface area contributed by atoms with E-state index in [1.54, 1.807) is 6.92 Å². The Morgan fingerprint density at radius 2 is 1.86 bits per heavy atom. The second-order valence-electron chi connectivity index (χ2n) is 7.09. The van der Waals surface area contributed by atoms with Crippen molar-refractivity contribution in [3.8, 4) is 0 Å². The lowest BCUT2D eigenvalue weighted by Crippen LogP contribution is -2.55. The molecular formula is C19H26ClFN4O3. The summed E-state index contributed by atoms with van der Waals surface area (Å²) in [4.78, 5) is 30.9. The van der Waals surface area contributed by atoms with E-state index in [0.717, 1.165) is 13.1 Å². The van der Waals surface area contributed by atoms with Crippen LogP contribution in [0.2, 0.25) is 5.02 Å². The molecule has 0 aromatic heterocycles. The van der Waals surface area contributed by atoms with Crippen molar-refractivity contribution in [3.63, 3.8) is 0 Å². The highest BCUT2D eigenvalue weighted by molar-refractivity contribution is 6.30. The van der Waals surface area contributed by atoms with Gasteiger partial charge in [0.2, 0.25) is 11.8 Å². The van der Waals surface area contributed by atoms with Crippen LogP contribution in [0.5, 0.6) is 0 Å². The second kappa shape index (κ2) is 9.65. The summed E-state index contributed by atoms with van der Waals surface area (Å²) in [6.45, 7) is 7.47. The Morgan fingerprint density at radius 1 is 1.18 bits per heavy atom. The van der Waals surface area contributed by atoms with E-state index in [0.29, 0.717) is 45.9 Å². The number of amides is 2. The molecule has 2 fully saturated rings. The highest BCUT2D eigenvalue weighted by Gasteiger charge is 2.28. The Kier molecular flexibility index (Phi) is 7.23. The van der Waals surface area contributed by atoms with Crippen molar-refractivity contribution >= 4 is 29.1 Å². The molecule has 0 saturated carbocycles. The first-order valence-corrected chi connectivity index (χ1v) is 9.89. The Hall–Kier alpha value is -1.74. The molecule has 3 rings (SSSR count). The summed E-state index contributed by atoms with van der Waals surface area (Å²) in [7, 11) is 0. The first-order valence-electron chi connectivity index (χ1n) is 9.52. The van der Waals surface area contributed by atoms with Gasteiger partial charge in [0.05, 0.1) is 31.5 Å². The maximum atomic E-state index is 13.9. The van der Waals surface area contributed by atoms with Gasteiger partial charge in [-0.25, -0.2) is 4.39 Å². The molecule has 1 unspecified atom stereocenters. The number of rotatable bonds is 5. The number of carbonyl (C=O) groups excluding carboxylic acids is 2. The third-order valence-corrected chi connectivity index (χ3v) is 5.48. The SMILES string of the molecule is CC(C(=O)Nc1ccc(Cl)cc1F)N1CCN(C(=O)CN2CCOCC2)CC1. The average molecular weight is 413 g/mol. The van der Waals surface area contributed by atoms with Crippen molar-refractivity contribution < 1.29 is 18.7 Å². The molecule has 1 aromatic rings. The Balaban J connectivity index is 1.46. The molecule has 2 saturated heterocycles. The lowest BCUT2D eigenvalue weighted by atomic mass is 10.2. The molecule has 1 atom stereocenters. The molecule has 0 radical (unpaired) electrons. The van der Waals surface area contributed by atoms with Gasteiger partial charge in [0.1, 0.15) is 5.82 Å². The molecule has 0 spiro atoms. The number of carbonyl (C=O) groups is 2. The lowest BCUT2D eigenvalue weighted by Gasteiger charge is -2.38. The maximum absolute atomic E-state index is 13.9. The van der Waals surface area contributed by atoms with Gasteiger partial charge in [-0.3, -0.25) is 19.4 Å². The zero-order chi connectivity index (χ0) is 20.1. The fraction of sp³-hybridized carbons (Fsp3) is 0.579. The number of benzene rings is 1. The molecule has 9 heteroatoms. The third-order valence-electron chi connectivity index (χ3n) is 5.25. The quantitative estimate of drug-likeness (QED) is 0.789. The average Bonchev–Trinajstić information content (AvgIpc) is 2.70. The summed E-state index contributed by atoms with van der Waals surface area (Å²) < 4.78 is 19.2. The number of nitrogens with zero attached hydrogens (tertiary/aromatic N) is 3. The number of halogens is 2. The van der Waals surface area contributed by atoms with Crippen LogP contribution in [0.25, 0.3) is 0 Å². The van der Waals surface area contributed by atoms with Crippen molar-refractivity contribution in [2.24, 2.45) is 0 Å². The lowest BCUT2D eigenvalue weighted by molar-refractivity contribution is -0.135. The van der Waals surface area contributed by atoms with Crippen molar-refractivity contribution in [2.45, 2.75) is 13.0 Å². The van der Waals surface area contributed by atoms with Crippen LogP contribution in [-0.4, -0.2) is 91.6 Å². The van der Waals surface area contributed by atoms with Crippen LogP contribution in [-0.2, 0) is 14.3 Å². The minimum Gasteiger partial charge on any atom is -0.379 e. The zero-order valence-electron chi connectivity index (χ0n) is 16.0. The van der Waals surface area contributed by atoms with E-state index in [1.807, 2.05) is 9.80 Å². The van der Waals surface area contributed by atoms with E-state index in [1.165, 1.54) is 18.2 Å². The smallest absolute Gasteiger partial charge is 0.241 e. The standard InChI is InChI=1S/C19H26ClFN4O3/c1-14(19(27)22-17-3-2-15(20)12-16(17)21)24-4-6-25(7-5-24)18(26)13-23-8-10-28-11-9-23/h2-3,12,14H,4-11,13H2,1H3,(H,22,27). The van der Waals surface area contributed by atoms with Gasteiger partial charge >= 0.3 is 0 Å². The van der Waals surface area contributed by atoms with Crippen LogP contribution in [0.3, 0.4) is 0 Å². The molecule has 7 nitrogen and oxygen atoms in total. The van der Waals surface area contributed by atoms with Crippen molar-refractivity contribution in [3.05, 3.63) is 29.0 Å². The Bertz CT molecular complexity index is 706. The monoisotopic (exact) mass is 412 g/mol. The number of piperazine rings is 1. The number of hydrogen-bond donors (Lipinski definition) is 1. The fourth-order valence-corrected chi connectivity index (χ4v) is 3.56. The second-order valence-corrected chi connectivity index (χ2v) is 7.53. The first-order chi connectivity index (χ1) is 13.4. The fourth-order valence-electron chi connectivity index (χ4n) is 3.40. The number of ether oxygens (including phenoxy) is 1. The molecule has 0 bridgehead atoms. The van der Waals surface area contributed by atoms with Crippen LogP contribution in [0.4, 0.5) is 10.1 Å². The molecule has 2 heterocycles. The van der Waals surface area contributed by atoms with E-state index in [9.17, 15) is 14.0 Å². The summed E-state index contributed by atoms with van der Waals surface area (Å²) in [5, 5.41) is 2.89. The van der Waals surface area contributed by atoms with E-state index >= 15 is 0 Å². The Labute approximate surface area is 169 Å². The maximum Gasteiger partial charge on any atom is 0.241 e. The molecule has 2 aliphatic rings. The van der Waals surface area contributed by atoms with Crippen LogP contribution >= 0.6 is 11.6 Å². The highest BCUT2D eigenvalue weighted by atomic mass is 35.5. The van der Waals surface area contributed by atoms with Crippen LogP contribution in [0.1, 0.15) is 6.92 Å². The number of nitrogens with one attached hydrogen (secondary N) is 1. The third kappa shape index (κ3) is 5.41. The molecule has 28 heavy (non-hydrogen) atoms. The van der Waals surface area contributed by atoms with E-state index < -0.39 is 11.9 Å². The van der Waals surface area contributed by atoms with Crippen LogP contribution in [0, 0.1) is 5.82 Å². The molecule has 1 aromatic carbocycles. The summed E-state index contributed by atoms with van der Waals surface area (Å²) in [5.41, 5.74) is 0.112. The van der Waals surface area contributed by atoms with Crippen molar-refractivity contribution in [1.82, 2.24) is 14.7 Å². The molecule has 2 amide bonds. The van der Waals surface area contributed by atoms with Gasteiger partial charge in [0.15, 0.2) is 0 Å². The van der Waals surface area contributed by atoms with Crippen LogP contribution in [0.15, 0.2) is 18.2 Å². The molecular weight excluding hydrogens is 387 g/mol.